The number of nitrogens with one attached hydrogen (secondary N) is 1. The van der Waals surface area contributed by atoms with Crippen LogP contribution in [0.3, 0.4) is 0 Å². The first kappa shape index (κ1) is 17.3. The average molecular weight is 354 g/mol. The molecule has 0 fully saturated rings. The molecule has 1 aromatic heterocycles. The third-order valence-electron chi connectivity index (χ3n) is 3.71. The van der Waals surface area contributed by atoms with Crippen LogP contribution in [0, 0.1) is 5.82 Å². The monoisotopic (exact) mass is 354 g/mol. The summed E-state index contributed by atoms with van der Waals surface area (Å²) in [5, 5.41) is 3.09. The zero-order valence-electron chi connectivity index (χ0n) is 13.9. The Hall–Kier alpha value is -3.48. The van der Waals surface area contributed by atoms with Crippen LogP contribution in [0.2, 0.25) is 0 Å². The average Bonchev–Trinajstić information content (AvgIpc) is 2.60. The van der Waals surface area contributed by atoms with Crippen molar-refractivity contribution in [1.82, 2.24) is 4.90 Å². The summed E-state index contributed by atoms with van der Waals surface area (Å²) < 4.78 is 18.3. The summed E-state index contributed by atoms with van der Waals surface area (Å²) in [4.78, 5) is 37.6. The second kappa shape index (κ2) is 7.18. The number of carbonyl (C=O) groups excluding carboxylic acids is 2. The third kappa shape index (κ3) is 3.77. The number of rotatable bonds is 4. The van der Waals surface area contributed by atoms with Crippen molar-refractivity contribution < 1.29 is 18.4 Å². The molecule has 3 aromatic rings. The molecule has 1 heterocycles. The van der Waals surface area contributed by atoms with Crippen molar-refractivity contribution >= 4 is 28.5 Å². The number of benzene rings is 2. The Kier molecular flexibility index (Phi) is 4.79. The Bertz CT molecular complexity index is 1040. The van der Waals surface area contributed by atoms with Gasteiger partial charge in [-0.05, 0) is 30.3 Å². The van der Waals surface area contributed by atoms with E-state index in [1.807, 2.05) is 0 Å². The van der Waals surface area contributed by atoms with Crippen LogP contribution >= 0.6 is 0 Å². The van der Waals surface area contributed by atoms with E-state index >= 15 is 0 Å². The maximum atomic E-state index is 13.1. The van der Waals surface area contributed by atoms with Crippen molar-refractivity contribution in [2.24, 2.45) is 0 Å². The van der Waals surface area contributed by atoms with E-state index in [1.165, 1.54) is 31.3 Å². The predicted octanol–water partition coefficient (Wildman–Crippen LogP) is 2.64. The molecular weight excluding hydrogens is 339 g/mol. The van der Waals surface area contributed by atoms with Crippen molar-refractivity contribution in [2.75, 3.05) is 18.9 Å². The Balaban J connectivity index is 1.74. The number of likely N-dealkylation sites (N-methyl/N-ethyl adjacent to an activating group) is 1. The molecule has 0 unspecified atom stereocenters. The van der Waals surface area contributed by atoms with E-state index in [0.29, 0.717) is 11.0 Å². The van der Waals surface area contributed by atoms with Gasteiger partial charge in [-0.2, -0.15) is 0 Å². The van der Waals surface area contributed by atoms with E-state index < -0.39 is 23.3 Å². The first-order chi connectivity index (χ1) is 12.4. The molecule has 2 amide bonds. The highest BCUT2D eigenvalue weighted by atomic mass is 19.1. The SMILES string of the molecule is CN(CC(=O)Nc1cccc(F)c1)C(=O)c1cc2ccccc2oc1=O. The Morgan fingerprint density at radius 3 is 2.65 bits per heavy atom. The zero-order chi connectivity index (χ0) is 18.7. The Morgan fingerprint density at radius 1 is 1.12 bits per heavy atom. The van der Waals surface area contributed by atoms with E-state index in [0.717, 1.165) is 11.0 Å². The van der Waals surface area contributed by atoms with Gasteiger partial charge in [0.1, 0.15) is 17.0 Å². The molecule has 1 N–H and O–H groups in total. The van der Waals surface area contributed by atoms with Gasteiger partial charge in [-0.3, -0.25) is 9.59 Å². The molecule has 26 heavy (non-hydrogen) atoms. The van der Waals surface area contributed by atoms with E-state index in [1.54, 1.807) is 24.3 Å². The fourth-order valence-corrected chi connectivity index (χ4v) is 2.47. The van der Waals surface area contributed by atoms with Crippen LogP contribution in [0.4, 0.5) is 10.1 Å². The van der Waals surface area contributed by atoms with E-state index in [2.05, 4.69) is 5.32 Å². The molecule has 0 aliphatic carbocycles. The van der Waals surface area contributed by atoms with Crippen molar-refractivity contribution in [2.45, 2.75) is 0 Å². The van der Waals surface area contributed by atoms with Gasteiger partial charge in [-0.1, -0.05) is 24.3 Å². The molecule has 0 aliphatic heterocycles. The predicted molar refractivity (Wildman–Crippen MR) is 94.5 cm³/mol. The summed E-state index contributed by atoms with van der Waals surface area (Å²) in [7, 11) is 1.39. The van der Waals surface area contributed by atoms with Crippen LogP contribution in [0.1, 0.15) is 10.4 Å². The van der Waals surface area contributed by atoms with Gasteiger partial charge in [0.15, 0.2) is 0 Å². The molecule has 6 nitrogen and oxygen atoms in total. The lowest BCUT2D eigenvalue weighted by Crippen LogP contribution is -2.36. The summed E-state index contributed by atoms with van der Waals surface area (Å²) >= 11 is 0. The fourth-order valence-electron chi connectivity index (χ4n) is 2.47. The van der Waals surface area contributed by atoms with E-state index in [9.17, 15) is 18.8 Å². The quantitative estimate of drug-likeness (QED) is 0.731. The van der Waals surface area contributed by atoms with Gasteiger partial charge in [0, 0.05) is 18.1 Å². The second-order valence-corrected chi connectivity index (χ2v) is 5.71. The molecule has 0 saturated heterocycles. The first-order valence-corrected chi connectivity index (χ1v) is 7.78. The smallest absolute Gasteiger partial charge is 0.349 e. The maximum absolute atomic E-state index is 13.1. The van der Waals surface area contributed by atoms with Crippen LogP contribution in [-0.2, 0) is 4.79 Å². The highest BCUT2D eigenvalue weighted by Crippen LogP contribution is 2.14. The largest absolute Gasteiger partial charge is 0.422 e. The van der Waals surface area contributed by atoms with Crippen molar-refractivity contribution in [3.63, 3.8) is 0 Å². The molecule has 0 spiro atoms. The van der Waals surface area contributed by atoms with Gasteiger partial charge in [0.25, 0.3) is 5.91 Å². The molecule has 0 radical (unpaired) electrons. The topological polar surface area (TPSA) is 79.6 Å². The Morgan fingerprint density at radius 2 is 1.88 bits per heavy atom. The summed E-state index contributed by atoms with van der Waals surface area (Å²) in [6.07, 6.45) is 0. The molecule has 2 aromatic carbocycles. The van der Waals surface area contributed by atoms with Gasteiger partial charge >= 0.3 is 5.63 Å². The van der Waals surface area contributed by atoms with Crippen LogP contribution in [0.15, 0.2) is 63.8 Å². The van der Waals surface area contributed by atoms with Crippen LogP contribution in [-0.4, -0.2) is 30.3 Å². The minimum atomic E-state index is -0.772. The molecule has 0 atom stereocenters. The maximum Gasteiger partial charge on any atom is 0.349 e. The number of hydrogen-bond acceptors (Lipinski definition) is 4. The molecular formula is C19H15FN2O4. The third-order valence-corrected chi connectivity index (χ3v) is 3.71. The molecule has 7 heteroatoms. The number of para-hydroxylation sites is 1. The minimum Gasteiger partial charge on any atom is -0.422 e. The normalized spacial score (nSPS) is 10.5. The van der Waals surface area contributed by atoms with Gasteiger partial charge in [-0.25, -0.2) is 9.18 Å². The fraction of sp³-hybridized carbons (Fsp3) is 0.105. The summed E-state index contributed by atoms with van der Waals surface area (Å²) in [5.74, 6) is -1.64. The number of carbonyl (C=O) groups is 2. The lowest BCUT2D eigenvalue weighted by molar-refractivity contribution is -0.116. The summed E-state index contributed by atoms with van der Waals surface area (Å²) in [6, 6.07) is 13.7. The van der Waals surface area contributed by atoms with E-state index in [4.69, 9.17) is 4.42 Å². The van der Waals surface area contributed by atoms with Crippen LogP contribution in [0.5, 0.6) is 0 Å². The number of fused-ring (bicyclic) bond motifs is 1. The molecule has 0 saturated carbocycles. The van der Waals surface area contributed by atoms with Gasteiger partial charge < -0.3 is 14.6 Å². The van der Waals surface area contributed by atoms with Gasteiger partial charge in [-0.15, -0.1) is 0 Å². The first-order valence-electron chi connectivity index (χ1n) is 7.78. The minimum absolute atomic E-state index is 0.162. The van der Waals surface area contributed by atoms with E-state index in [-0.39, 0.29) is 17.8 Å². The number of halogens is 1. The standard InChI is InChI=1S/C19H15FN2O4/c1-22(11-17(23)21-14-7-4-6-13(20)10-14)18(24)15-9-12-5-2-3-8-16(12)26-19(15)25/h2-10H,11H2,1H3,(H,21,23). The Labute approximate surface area is 147 Å². The molecule has 3 rings (SSSR count). The molecule has 0 aliphatic rings. The number of nitrogens with zero attached hydrogens (tertiary/aromatic N) is 1. The van der Waals surface area contributed by atoms with Crippen LogP contribution < -0.4 is 10.9 Å². The second-order valence-electron chi connectivity index (χ2n) is 5.71. The zero-order valence-corrected chi connectivity index (χ0v) is 13.9. The molecule has 0 bridgehead atoms. The summed E-state index contributed by atoms with van der Waals surface area (Å²) in [5.41, 5.74) is -0.280. The lowest BCUT2D eigenvalue weighted by Gasteiger charge is -2.16. The highest BCUT2D eigenvalue weighted by Gasteiger charge is 2.20. The van der Waals surface area contributed by atoms with Gasteiger partial charge in [0.05, 0.1) is 6.54 Å². The van der Waals surface area contributed by atoms with Crippen molar-refractivity contribution in [3.8, 4) is 0 Å². The number of hydrogen-bond donors (Lipinski definition) is 1. The van der Waals surface area contributed by atoms with Gasteiger partial charge in [0.2, 0.25) is 5.91 Å². The summed E-state index contributed by atoms with van der Waals surface area (Å²) in [6.45, 7) is -0.304. The van der Waals surface area contributed by atoms with Crippen LogP contribution in [0.25, 0.3) is 11.0 Å². The van der Waals surface area contributed by atoms with Crippen molar-refractivity contribution in [1.29, 1.82) is 0 Å². The van der Waals surface area contributed by atoms with Crippen molar-refractivity contribution in [3.05, 3.63) is 76.4 Å². The molecule has 132 valence electrons. The number of amides is 2. The lowest BCUT2D eigenvalue weighted by atomic mass is 10.1. The number of anilines is 1. The highest BCUT2D eigenvalue weighted by molar-refractivity contribution is 6.00.